The van der Waals surface area contributed by atoms with Gasteiger partial charge >= 0.3 is 0 Å². The molecule has 0 spiro atoms. The molecule has 17 heavy (non-hydrogen) atoms. The second kappa shape index (κ2) is 6.48. The van der Waals surface area contributed by atoms with Crippen LogP contribution in [-0.4, -0.2) is 17.8 Å². The van der Waals surface area contributed by atoms with Gasteiger partial charge in [0, 0.05) is 27.5 Å². The van der Waals surface area contributed by atoms with Crippen molar-refractivity contribution in [1.29, 1.82) is 0 Å². The molecule has 0 aliphatic carbocycles. The number of halogens is 3. The van der Waals surface area contributed by atoms with Crippen molar-refractivity contribution < 1.29 is 4.79 Å². The summed E-state index contributed by atoms with van der Waals surface area (Å²) in [6, 6.07) is 4.75. The minimum absolute atomic E-state index is 0.00208. The van der Waals surface area contributed by atoms with Crippen molar-refractivity contribution in [2.45, 2.75) is 19.9 Å². The van der Waals surface area contributed by atoms with Crippen LogP contribution in [0, 0.1) is 5.92 Å². The van der Waals surface area contributed by atoms with E-state index in [1.807, 2.05) is 13.8 Å². The molecule has 0 aliphatic rings. The van der Waals surface area contributed by atoms with Crippen molar-refractivity contribution in [3.8, 4) is 0 Å². The van der Waals surface area contributed by atoms with E-state index >= 15 is 0 Å². The van der Waals surface area contributed by atoms with E-state index in [1.165, 1.54) is 0 Å². The van der Waals surface area contributed by atoms with Crippen LogP contribution < -0.4 is 5.32 Å². The van der Waals surface area contributed by atoms with Gasteiger partial charge in [-0.25, -0.2) is 0 Å². The van der Waals surface area contributed by atoms with E-state index in [1.54, 1.807) is 18.2 Å². The van der Waals surface area contributed by atoms with E-state index in [-0.39, 0.29) is 17.9 Å². The van der Waals surface area contributed by atoms with Gasteiger partial charge in [-0.3, -0.25) is 4.79 Å². The Bertz CT molecular complexity index is 388. The molecule has 1 amide bonds. The summed E-state index contributed by atoms with van der Waals surface area (Å²) in [5.74, 6) is 0.506. The molecule has 0 saturated heterocycles. The molecular weight excluding hydrogens is 280 g/mol. The molecule has 5 heteroatoms. The summed E-state index contributed by atoms with van der Waals surface area (Å²) >= 11 is 17.4. The minimum atomic E-state index is -0.195. The molecule has 1 rings (SSSR count). The highest BCUT2D eigenvalue weighted by Crippen LogP contribution is 2.19. The van der Waals surface area contributed by atoms with Gasteiger partial charge in [-0.15, -0.1) is 11.6 Å². The maximum absolute atomic E-state index is 11.9. The zero-order chi connectivity index (χ0) is 13.0. The molecule has 1 aromatic carbocycles. The standard InChI is InChI=1S/C12H14Cl3NO/c1-7(6-13)8(2)16-12(17)9-3-10(14)5-11(15)4-9/h3-5,7-8H,6H2,1-2H3,(H,16,17). The van der Waals surface area contributed by atoms with E-state index in [9.17, 15) is 4.79 Å². The van der Waals surface area contributed by atoms with Crippen molar-refractivity contribution >= 4 is 40.7 Å². The summed E-state index contributed by atoms with van der Waals surface area (Å²) < 4.78 is 0. The van der Waals surface area contributed by atoms with Crippen LogP contribution in [0.3, 0.4) is 0 Å². The average molecular weight is 295 g/mol. The Balaban J connectivity index is 2.76. The smallest absolute Gasteiger partial charge is 0.251 e. The number of nitrogens with one attached hydrogen (secondary N) is 1. The van der Waals surface area contributed by atoms with E-state index in [4.69, 9.17) is 34.8 Å². The van der Waals surface area contributed by atoms with E-state index < -0.39 is 0 Å². The molecule has 2 atom stereocenters. The number of hydrogen-bond acceptors (Lipinski definition) is 1. The van der Waals surface area contributed by atoms with Crippen molar-refractivity contribution in [2.75, 3.05) is 5.88 Å². The van der Waals surface area contributed by atoms with Crippen LogP contribution in [0.2, 0.25) is 10.0 Å². The first-order valence-electron chi connectivity index (χ1n) is 5.27. The number of benzene rings is 1. The Hall–Kier alpha value is -0.440. The Morgan fingerprint density at radius 3 is 2.24 bits per heavy atom. The zero-order valence-electron chi connectivity index (χ0n) is 9.64. The van der Waals surface area contributed by atoms with Gasteiger partial charge in [-0.1, -0.05) is 30.1 Å². The number of hydrogen-bond donors (Lipinski definition) is 1. The van der Waals surface area contributed by atoms with E-state index in [0.717, 1.165) is 0 Å². The van der Waals surface area contributed by atoms with Crippen molar-refractivity contribution in [2.24, 2.45) is 5.92 Å². The fraction of sp³-hybridized carbons (Fsp3) is 0.417. The van der Waals surface area contributed by atoms with Gasteiger partial charge in [0.2, 0.25) is 0 Å². The van der Waals surface area contributed by atoms with E-state index in [2.05, 4.69) is 5.32 Å². The van der Waals surface area contributed by atoms with Crippen molar-refractivity contribution in [1.82, 2.24) is 5.32 Å². The molecule has 2 unspecified atom stereocenters. The van der Waals surface area contributed by atoms with Crippen LogP contribution >= 0.6 is 34.8 Å². The van der Waals surface area contributed by atoms with Gasteiger partial charge in [-0.2, -0.15) is 0 Å². The number of carbonyl (C=O) groups excluding carboxylic acids is 1. The van der Waals surface area contributed by atoms with Crippen LogP contribution in [0.4, 0.5) is 0 Å². The van der Waals surface area contributed by atoms with Crippen LogP contribution in [0.25, 0.3) is 0 Å². The first-order chi connectivity index (χ1) is 7.93. The highest BCUT2D eigenvalue weighted by molar-refractivity contribution is 6.35. The third kappa shape index (κ3) is 4.38. The maximum atomic E-state index is 11.9. The molecule has 0 fully saturated rings. The molecule has 0 radical (unpaired) electrons. The van der Waals surface area contributed by atoms with Crippen LogP contribution in [-0.2, 0) is 0 Å². The second-order valence-electron chi connectivity index (χ2n) is 4.05. The molecule has 0 saturated carbocycles. The summed E-state index contributed by atoms with van der Waals surface area (Å²) in [5, 5.41) is 3.75. The average Bonchev–Trinajstić information content (AvgIpc) is 2.26. The predicted octanol–water partition coefficient (Wildman–Crippen LogP) is 3.99. The summed E-state index contributed by atoms with van der Waals surface area (Å²) in [6.45, 7) is 3.89. The Labute approximate surface area is 116 Å². The first kappa shape index (κ1) is 14.6. The zero-order valence-corrected chi connectivity index (χ0v) is 11.9. The lowest BCUT2D eigenvalue weighted by Crippen LogP contribution is -2.37. The van der Waals surface area contributed by atoms with Gasteiger partial charge in [0.05, 0.1) is 0 Å². The fourth-order valence-corrected chi connectivity index (χ4v) is 2.04. The van der Waals surface area contributed by atoms with Crippen molar-refractivity contribution in [3.05, 3.63) is 33.8 Å². The normalized spacial score (nSPS) is 14.2. The van der Waals surface area contributed by atoms with Crippen molar-refractivity contribution in [3.63, 3.8) is 0 Å². The van der Waals surface area contributed by atoms with Gasteiger partial charge in [0.1, 0.15) is 0 Å². The monoisotopic (exact) mass is 293 g/mol. The fourth-order valence-electron chi connectivity index (χ4n) is 1.25. The highest BCUT2D eigenvalue weighted by Gasteiger charge is 2.15. The minimum Gasteiger partial charge on any atom is -0.349 e. The topological polar surface area (TPSA) is 29.1 Å². The van der Waals surface area contributed by atoms with Gasteiger partial charge in [0.15, 0.2) is 0 Å². The van der Waals surface area contributed by atoms with Gasteiger partial charge < -0.3 is 5.32 Å². The SMILES string of the molecule is CC(CCl)C(C)NC(=O)c1cc(Cl)cc(Cl)c1. The van der Waals surface area contributed by atoms with Crippen LogP contribution in [0.1, 0.15) is 24.2 Å². The molecule has 2 nitrogen and oxygen atoms in total. The lowest BCUT2D eigenvalue weighted by atomic mass is 10.1. The second-order valence-corrected chi connectivity index (χ2v) is 5.23. The highest BCUT2D eigenvalue weighted by atomic mass is 35.5. The maximum Gasteiger partial charge on any atom is 0.251 e. The van der Waals surface area contributed by atoms with Gasteiger partial charge in [-0.05, 0) is 31.0 Å². The molecular formula is C12H14Cl3NO. The van der Waals surface area contributed by atoms with Crippen LogP contribution in [0.15, 0.2) is 18.2 Å². The molecule has 0 aliphatic heterocycles. The van der Waals surface area contributed by atoms with E-state index in [0.29, 0.717) is 21.5 Å². The summed E-state index contributed by atoms with van der Waals surface area (Å²) in [7, 11) is 0. The predicted molar refractivity (Wildman–Crippen MR) is 73.3 cm³/mol. The molecule has 1 aromatic rings. The largest absolute Gasteiger partial charge is 0.349 e. The summed E-state index contributed by atoms with van der Waals surface area (Å²) in [6.07, 6.45) is 0. The number of carbonyl (C=O) groups is 1. The Kier molecular flexibility index (Phi) is 5.57. The molecule has 1 N–H and O–H groups in total. The third-order valence-corrected chi connectivity index (χ3v) is 3.50. The van der Waals surface area contributed by atoms with Gasteiger partial charge in [0.25, 0.3) is 5.91 Å². The molecule has 0 heterocycles. The molecule has 0 aromatic heterocycles. The number of rotatable bonds is 4. The molecule has 94 valence electrons. The number of amides is 1. The summed E-state index contributed by atoms with van der Waals surface area (Å²) in [5.41, 5.74) is 0.455. The third-order valence-electron chi connectivity index (χ3n) is 2.58. The number of alkyl halides is 1. The first-order valence-corrected chi connectivity index (χ1v) is 6.56. The Morgan fingerprint density at radius 2 is 1.76 bits per heavy atom. The van der Waals surface area contributed by atoms with Crippen LogP contribution in [0.5, 0.6) is 0 Å². The lowest BCUT2D eigenvalue weighted by molar-refractivity contribution is 0.0931. The quantitative estimate of drug-likeness (QED) is 0.836. The molecule has 0 bridgehead atoms. The summed E-state index contributed by atoms with van der Waals surface area (Å²) in [4.78, 5) is 11.9. The Morgan fingerprint density at radius 1 is 1.24 bits per heavy atom. The lowest BCUT2D eigenvalue weighted by Gasteiger charge is -2.19.